The van der Waals surface area contributed by atoms with E-state index in [4.69, 9.17) is 0 Å². The van der Waals surface area contributed by atoms with E-state index in [-0.39, 0.29) is 9.14 Å². The van der Waals surface area contributed by atoms with Crippen molar-refractivity contribution in [2.24, 2.45) is 5.14 Å². The summed E-state index contributed by atoms with van der Waals surface area (Å²) in [5.41, 5.74) is 0. The van der Waals surface area contributed by atoms with Crippen LogP contribution in [-0.2, 0) is 10.0 Å². The van der Waals surface area contributed by atoms with Crippen LogP contribution in [0.25, 0.3) is 0 Å². The van der Waals surface area contributed by atoms with Gasteiger partial charge in [-0.3, -0.25) is 0 Å². The molecule has 92 valence electrons. The lowest BCUT2D eigenvalue weighted by Crippen LogP contribution is -2.33. The van der Waals surface area contributed by atoms with Crippen molar-refractivity contribution in [2.45, 2.75) is 11.4 Å². The van der Waals surface area contributed by atoms with Crippen LogP contribution in [0.15, 0.2) is 19.6 Å². The van der Waals surface area contributed by atoms with Crippen molar-refractivity contribution < 1.29 is 26.0 Å². The highest BCUT2D eigenvalue weighted by Gasteiger charge is 2.50. The van der Waals surface area contributed by atoms with Crippen LogP contribution >= 0.6 is 31.9 Å². The fourth-order valence-electron chi connectivity index (χ4n) is 1.00. The summed E-state index contributed by atoms with van der Waals surface area (Å²) in [6, 6.07) is 0.895. The van der Waals surface area contributed by atoms with Gasteiger partial charge in [0.05, 0.1) is 4.47 Å². The molecular formula is C6H4Br2F3NO3S. The number of nitrogens with two attached hydrogens (primary N) is 1. The van der Waals surface area contributed by atoms with Gasteiger partial charge in [-0.2, -0.15) is 13.2 Å². The molecule has 1 rings (SSSR count). The fourth-order valence-corrected chi connectivity index (χ4v) is 2.42. The van der Waals surface area contributed by atoms with Gasteiger partial charge in [0.15, 0.2) is 4.67 Å². The molecule has 4 nitrogen and oxygen atoms in total. The number of hydrogen-bond donors (Lipinski definition) is 1. The predicted molar refractivity (Wildman–Crippen MR) is 56.0 cm³/mol. The van der Waals surface area contributed by atoms with Gasteiger partial charge in [-0.15, -0.1) is 0 Å². The minimum absolute atomic E-state index is 0.0413. The SMILES string of the molecule is NS(=O)(=O)C(c1cc(Br)c(Br)o1)C(F)(F)F. The van der Waals surface area contributed by atoms with Gasteiger partial charge in [-0.05, 0) is 37.9 Å². The van der Waals surface area contributed by atoms with E-state index in [0.29, 0.717) is 0 Å². The maximum absolute atomic E-state index is 12.5. The molecule has 0 saturated heterocycles. The molecule has 1 aromatic rings. The summed E-state index contributed by atoms with van der Waals surface area (Å²) < 4.78 is 64.0. The molecule has 0 radical (unpaired) electrons. The second-order valence-electron chi connectivity index (χ2n) is 2.78. The summed E-state index contributed by atoms with van der Waals surface area (Å²) in [6.45, 7) is 0. The van der Waals surface area contributed by atoms with Crippen LogP contribution in [0.2, 0.25) is 0 Å². The van der Waals surface area contributed by atoms with Gasteiger partial charge < -0.3 is 4.42 Å². The van der Waals surface area contributed by atoms with Crippen molar-refractivity contribution in [1.29, 1.82) is 0 Å². The first-order chi connectivity index (χ1) is 7.03. The second-order valence-corrected chi connectivity index (χ2v) is 6.01. The maximum atomic E-state index is 12.5. The van der Waals surface area contributed by atoms with Gasteiger partial charge in [0.1, 0.15) is 5.76 Å². The Labute approximate surface area is 105 Å². The highest BCUT2D eigenvalue weighted by molar-refractivity contribution is 9.13. The Bertz CT molecular complexity index is 476. The van der Waals surface area contributed by atoms with Crippen molar-refractivity contribution >= 4 is 41.9 Å². The lowest BCUT2D eigenvalue weighted by atomic mass is 10.3. The van der Waals surface area contributed by atoms with Gasteiger partial charge in [0, 0.05) is 0 Å². The minimum Gasteiger partial charge on any atom is -0.451 e. The number of rotatable bonds is 2. The Hall–Kier alpha value is -0.0600. The van der Waals surface area contributed by atoms with Crippen LogP contribution in [0.5, 0.6) is 0 Å². The first-order valence-corrected chi connectivity index (χ1v) is 6.76. The molecule has 0 fully saturated rings. The highest BCUT2D eigenvalue weighted by Crippen LogP contribution is 2.41. The molecule has 0 aromatic carbocycles. The lowest BCUT2D eigenvalue weighted by molar-refractivity contribution is -0.134. The molecule has 1 atom stereocenters. The van der Waals surface area contributed by atoms with E-state index >= 15 is 0 Å². The number of alkyl halides is 3. The number of sulfonamides is 1. The fraction of sp³-hybridized carbons (Fsp3) is 0.333. The Morgan fingerprint density at radius 1 is 1.38 bits per heavy atom. The monoisotopic (exact) mass is 385 g/mol. The van der Waals surface area contributed by atoms with Crippen molar-refractivity contribution in [3.05, 3.63) is 21.0 Å². The average Bonchev–Trinajstić information content (AvgIpc) is 2.24. The van der Waals surface area contributed by atoms with Gasteiger partial charge in [-0.25, -0.2) is 13.6 Å². The van der Waals surface area contributed by atoms with Gasteiger partial charge in [0.2, 0.25) is 15.3 Å². The normalized spacial score (nSPS) is 15.1. The van der Waals surface area contributed by atoms with E-state index in [0.717, 1.165) is 6.07 Å². The van der Waals surface area contributed by atoms with Crippen LogP contribution < -0.4 is 5.14 Å². The van der Waals surface area contributed by atoms with Gasteiger partial charge >= 0.3 is 6.18 Å². The summed E-state index contributed by atoms with van der Waals surface area (Å²) in [7, 11) is -4.84. The predicted octanol–water partition coefficient (Wildman–Crippen LogP) is 2.70. The zero-order valence-corrected chi connectivity index (χ0v) is 11.2. The molecule has 0 bridgehead atoms. The molecular weight excluding hydrogens is 383 g/mol. The summed E-state index contributed by atoms with van der Waals surface area (Å²) in [5.74, 6) is -0.797. The summed E-state index contributed by atoms with van der Waals surface area (Å²) in [5, 5.41) is 1.65. The van der Waals surface area contributed by atoms with Crippen molar-refractivity contribution in [2.75, 3.05) is 0 Å². The summed E-state index contributed by atoms with van der Waals surface area (Å²) in [4.78, 5) is 0. The smallest absolute Gasteiger partial charge is 0.413 e. The zero-order chi connectivity index (χ0) is 12.7. The largest absolute Gasteiger partial charge is 0.451 e. The van der Waals surface area contributed by atoms with Crippen LogP contribution in [0.4, 0.5) is 13.2 Å². The Morgan fingerprint density at radius 3 is 2.12 bits per heavy atom. The maximum Gasteiger partial charge on any atom is 0.413 e. The molecule has 16 heavy (non-hydrogen) atoms. The third-order valence-corrected chi connectivity index (χ3v) is 4.42. The van der Waals surface area contributed by atoms with Crippen LogP contribution in [-0.4, -0.2) is 14.6 Å². The molecule has 0 aliphatic carbocycles. The van der Waals surface area contributed by atoms with Crippen LogP contribution in [0, 0.1) is 0 Å². The summed E-state index contributed by atoms with van der Waals surface area (Å²) >= 11 is 5.68. The van der Waals surface area contributed by atoms with E-state index in [2.05, 4.69) is 41.4 Å². The minimum atomic E-state index is -5.04. The molecule has 0 spiro atoms. The number of halogens is 5. The molecule has 1 aromatic heterocycles. The molecule has 0 aliphatic heterocycles. The Balaban J connectivity index is 3.34. The molecule has 2 N–H and O–H groups in total. The number of hydrogen-bond acceptors (Lipinski definition) is 3. The zero-order valence-electron chi connectivity index (χ0n) is 7.25. The first kappa shape index (κ1) is 14.0. The highest BCUT2D eigenvalue weighted by atomic mass is 79.9. The second kappa shape index (κ2) is 4.31. The number of primary sulfonamides is 1. The third kappa shape index (κ3) is 2.99. The van der Waals surface area contributed by atoms with Crippen molar-refractivity contribution in [3.63, 3.8) is 0 Å². The van der Waals surface area contributed by atoms with Gasteiger partial charge in [-0.1, -0.05) is 0 Å². The lowest BCUT2D eigenvalue weighted by Gasteiger charge is -2.15. The average molecular weight is 387 g/mol. The van der Waals surface area contributed by atoms with Crippen molar-refractivity contribution in [1.82, 2.24) is 0 Å². The van der Waals surface area contributed by atoms with Gasteiger partial charge in [0.25, 0.3) is 0 Å². The van der Waals surface area contributed by atoms with Crippen LogP contribution in [0.3, 0.4) is 0 Å². The number of furan rings is 1. The van der Waals surface area contributed by atoms with Crippen molar-refractivity contribution in [3.8, 4) is 0 Å². The molecule has 0 saturated carbocycles. The molecule has 0 amide bonds. The standard InChI is InChI=1S/C6H4Br2F3NO3S/c7-2-1-3(15-5(2)8)4(6(9,10)11)16(12,13)14/h1,4H,(H2,12,13,14). The quantitative estimate of drug-likeness (QED) is 0.849. The van der Waals surface area contributed by atoms with E-state index < -0.39 is 27.2 Å². The van der Waals surface area contributed by atoms with E-state index in [1.165, 1.54) is 0 Å². The topological polar surface area (TPSA) is 73.3 Å². The van der Waals surface area contributed by atoms with E-state index in [1.807, 2.05) is 0 Å². The molecule has 1 heterocycles. The molecule has 10 heteroatoms. The molecule has 0 aliphatic rings. The van der Waals surface area contributed by atoms with E-state index in [1.54, 1.807) is 0 Å². The Kier molecular flexibility index (Phi) is 3.78. The summed E-state index contributed by atoms with van der Waals surface area (Å²) in [6.07, 6.45) is -5.04. The van der Waals surface area contributed by atoms with E-state index in [9.17, 15) is 21.6 Å². The Morgan fingerprint density at radius 2 is 1.88 bits per heavy atom. The molecule has 1 unspecified atom stereocenters. The third-order valence-electron chi connectivity index (χ3n) is 1.55. The van der Waals surface area contributed by atoms with Crippen LogP contribution in [0.1, 0.15) is 11.0 Å². The first-order valence-electron chi connectivity index (χ1n) is 3.56.